The topological polar surface area (TPSA) is 57.7 Å². The average Bonchev–Trinajstić information content (AvgIpc) is 2.81. The van der Waals surface area contributed by atoms with Gasteiger partial charge in [0.25, 0.3) is 0 Å². The molecule has 1 heterocycles. The number of ketones is 1. The second-order valence-electron chi connectivity index (χ2n) is 7.75. The number of rotatable bonds is 6. The van der Waals surface area contributed by atoms with Crippen LogP contribution in [0.1, 0.15) is 34.5 Å². The molecule has 0 aromatic heterocycles. The highest BCUT2D eigenvalue weighted by Crippen LogP contribution is 2.30. The van der Waals surface area contributed by atoms with Crippen LogP contribution in [-0.4, -0.2) is 49.6 Å². The third-order valence-electron chi connectivity index (χ3n) is 5.75. The molecule has 160 valence electrons. The molecule has 0 N–H and O–H groups in total. The van der Waals surface area contributed by atoms with Crippen LogP contribution in [-0.2, 0) is 10.0 Å². The summed E-state index contributed by atoms with van der Waals surface area (Å²) in [6.07, 6.45) is 0. The summed E-state index contributed by atoms with van der Waals surface area (Å²) >= 11 is 0. The van der Waals surface area contributed by atoms with Crippen LogP contribution in [0.3, 0.4) is 0 Å². The SMILES string of the molecule is CC(=O)c1cccc(S(=O)(=O)N2CCN(C(c3ccccc3)c3ccccc3)CC2)c1. The number of carbonyl (C=O) groups excluding carboxylic acids is 1. The van der Waals surface area contributed by atoms with E-state index in [4.69, 9.17) is 0 Å². The van der Waals surface area contributed by atoms with E-state index >= 15 is 0 Å². The molecule has 0 aliphatic carbocycles. The van der Waals surface area contributed by atoms with Crippen LogP contribution in [0.25, 0.3) is 0 Å². The molecular weight excluding hydrogens is 408 g/mol. The van der Waals surface area contributed by atoms with Gasteiger partial charge >= 0.3 is 0 Å². The molecule has 0 saturated carbocycles. The van der Waals surface area contributed by atoms with Crippen molar-refractivity contribution in [2.75, 3.05) is 26.2 Å². The van der Waals surface area contributed by atoms with Gasteiger partial charge in [0.05, 0.1) is 10.9 Å². The van der Waals surface area contributed by atoms with E-state index in [2.05, 4.69) is 29.2 Å². The van der Waals surface area contributed by atoms with Crippen molar-refractivity contribution < 1.29 is 13.2 Å². The first-order chi connectivity index (χ1) is 15.0. The van der Waals surface area contributed by atoms with Crippen molar-refractivity contribution in [2.45, 2.75) is 17.9 Å². The van der Waals surface area contributed by atoms with Crippen molar-refractivity contribution in [3.63, 3.8) is 0 Å². The van der Waals surface area contributed by atoms with E-state index in [1.54, 1.807) is 18.2 Å². The smallest absolute Gasteiger partial charge is 0.243 e. The molecular formula is C25H26N2O3S. The van der Waals surface area contributed by atoms with Crippen molar-refractivity contribution in [1.82, 2.24) is 9.21 Å². The van der Waals surface area contributed by atoms with Gasteiger partial charge in [-0.25, -0.2) is 8.42 Å². The highest BCUT2D eigenvalue weighted by atomic mass is 32.2. The Hall–Kier alpha value is -2.80. The number of Topliss-reactive ketones (excluding diaryl/α,β-unsaturated/α-hetero) is 1. The molecule has 31 heavy (non-hydrogen) atoms. The Morgan fingerprint density at radius 2 is 1.32 bits per heavy atom. The predicted molar refractivity (Wildman–Crippen MR) is 122 cm³/mol. The fourth-order valence-electron chi connectivity index (χ4n) is 4.11. The van der Waals surface area contributed by atoms with E-state index in [-0.39, 0.29) is 16.7 Å². The Balaban J connectivity index is 1.55. The fourth-order valence-corrected chi connectivity index (χ4v) is 5.58. The molecule has 6 heteroatoms. The Kier molecular flexibility index (Phi) is 6.32. The van der Waals surface area contributed by atoms with Gasteiger partial charge in [-0.1, -0.05) is 72.8 Å². The summed E-state index contributed by atoms with van der Waals surface area (Å²) in [6, 6.07) is 27.0. The summed E-state index contributed by atoms with van der Waals surface area (Å²) in [5.74, 6) is -0.143. The highest BCUT2D eigenvalue weighted by Gasteiger charge is 2.32. The van der Waals surface area contributed by atoms with Gasteiger partial charge < -0.3 is 0 Å². The number of sulfonamides is 1. The van der Waals surface area contributed by atoms with E-state index in [0.29, 0.717) is 31.7 Å². The van der Waals surface area contributed by atoms with Crippen molar-refractivity contribution in [3.05, 3.63) is 102 Å². The quantitative estimate of drug-likeness (QED) is 0.551. The van der Waals surface area contributed by atoms with Gasteiger partial charge in [0, 0.05) is 31.7 Å². The van der Waals surface area contributed by atoms with Gasteiger partial charge in [-0.05, 0) is 30.2 Å². The first-order valence-corrected chi connectivity index (χ1v) is 11.9. The Bertz CT molecular complexity index is 1100. The minimum absolute atomic E-state index is 0.0771. The van der Waals surface area contributed by atoms with Gasteiger partial charge in [0.2, 0.25) is 10.0 Å². The largest absolute Gasteiger partial charge is 0.295 e. The molecule has 3 aromatic carbocycles. The predicted octanol–water partition coefficient (Wildman–Crippen LogP) is 3.99. The van der Waals surface area contributed by atoms with Crippen LogP contribution in [0.15, 0.2) is 89.8 Å². The van der Waals surface area contributed by atoms with Crippen LogP contribution in [0.5, 0.6) is 0 Å². The molecule has 1 saturated heterocycles. The normalized spacial score (nSPS) is 15.8. The average molecular weight is 435 g/mol. The van der Waals surface area contributed by atoms with Gasteiger partial charge in [-0.3, -0.25) is 9.69 Å². The van der Waals surface area contributed by atoms with Gasteiger partial charge in [0.15, 0.2) is 5.78 Å². The summed E-state index contributed by atoms with van der Waals surface area (Å²) in [6.45, 7) is 3.50. The van der Waals surface area contributed by atoms with Crippen molar-refractivity contribution >= 4 is 15.8 Å². The molecule has 1 aliphatic heterocycles. The van der Waals surface area contributed by atoms with Crippen molar-refractivity contribution in [1.29, 1.82) is 0 Å². The maximum atomic E-state index is 13.2. The van der Waals surface area contributed by atoms with E-state index in [9.17, 15) is 13.2 Å². The highest BCUT2D eigenvalue weighted by molar-refractivity contribution is 7.89. The lowest BCUT2D eigenvalue weighted by molar-refractivity contribution is 0.101. The maximum absolute atomic E-state index is 13.2. The lowest BCUT2D eigenvalue weighted by Crippen LogP contribution is -2.49. The number of piperazine rings is 1. The van der Waals surface area contributed by atoms with Crippen molar-refractivity contribution in [2.24, 2.45) is 0 Å². The minimum atomic E-state index is -3.64. The molecule has 0 unspecified atom stereocenters. The second kappa shape index (κ2) is 9.14. The number of hydrogen-bond acceptors (Lipinski definition) is 4. The summed E-state index contributed by atoms with van der Waals surface area (Å²) in [5.41, 5.74) is 2.80. The van der Waals surface area contributed by atoms with E-state index in [0.717, 1.165) is 0 Å². The van der Waals surface area contributed by atoms with Crippen LogP contribution < -0.4 is 0 Å². The zero-order chi connectivity index (χ0) is 21.8. The van der Waals surface area contributed by atoms with Crippen LogP contribution in [0, 0.1) is 0 Å². The molecule has 0 spiro atoms. The molecule has 0 amide bonds. The first-order valence-electron chi connectivity index (χ1n) is 10.4. The molecule has 5 nitrogen and oxygen atoms in total. The minimum Gasteiger partial charge on any atom is -0.295 e. The molecule has 0 radical (unpaired) electrons. The lowest BCUT2D eigenvalue weighted by Gasteiger charge is -2.39. The summed E-state index contributed by atoms with van der Waals surface area (Å²) in [5, 5.41) is 0. The zero-order valence-corrected chi connectivity index (χ0v) is 18.3. The Labute approximate surface area is 184 Å². The third kappa shape index (κ3) is 4.61. The Morgan fingerprint density at radius 1 is 0.774 bits per heavy atom. The number of benzene rings is 3. The number of nitrogens with zero attached hydrogens (tertiary/aromatic N) is 2. The van der Waals surface area contributed by atoms with Gasteiger partial charge in [-0.2, -0.15) is 4.31 Å². The number of carbonyl (C=O) groups is 1. The second-order valence-corrected chi connectivity index (χ2v) is 9.69. The molecule has 1 fully saturated rings. The van der Waals surface area contributed by atoms with Crippen LogP contribution in [0.2, 0.25) is 0 Å². The van der Waals surface area contributed by atoms with E-state index in [1.807, 2.05) is 36.4 Å². The monoisotopic (exact) mass is 434 g/mol. The molecule has 3 aromatic rings. The lowest BCUT2D eigenvalue weighted by atomic mass is 9.96. The standard InChI is InChI=1S/C25H26N2O3S/c1-20(28)23-13-8-14-24(19-23)31(29,30)27-17-15-26(16-18-27)25(21-9-4-2-5-10-21)22-11-6-3-7-12-22/h2-14,19,25H,15-18H2,1H3. The van der Waals surface area contributed by atoms with Crippen molar-refractivity contribution in [3.8, 4) is 0 Å². The number of hydrogen-bond donors (Lipinski definition) is 0. The van der Waals surface area contributed by atoms with Gasteiger partial charge in [0.1, 0.15) is 0 Å². The molecule has 0 atom stereocenters. The fraction of sp³-hybridized carbons (Fsp3) is 0.240. The van der Waals surface area contributed by atoms with Gasteiger partial charge in [-0.15, -0.1) is 0 Å². The van der Waals surface area contributed by atoms with Crippen LogP contribution >= 0.6 is 0 Å². The molecule has 4 rings (SSSR count). The first kappa shape index (κ1) is 21.4. The third-order valence-corrected chi connectivity index (χ3v) is 7.64. The van der Waals surface area contributed by atoms with E-state index < -0.39 is 10.0 Å². The van der Waals surface area contributed by atoms with Crippen LogP contribution in [0.4, 0.5) is 0 Å². The zero-order valence-electron chi connectivity index (χ0n) is 17.5. The summed E-state index contributed by atoms with van der Waals surface area (Å²) < 4.78 is 27.9. The molecule has 0 bridgehead atoms. The Morgan fingerprint density at radius 3 is 1.84 bits per heavy atom. The van der Waals surface area contributed by atoms with E-state index in [1.165, 1.54) is 28.4 Å². The molecule has 1 aliphatic rings. The summed E-state index contributed by atoms with van der Waals surface area (Å²) in [4.78, 5) is 14.2. The summed E-state index contributed by atoms with van der Waals surface area (Å²) in [7, 11) is -3.64. The maximum Gasteiger partial charge on any atom is 0.243 e.